The number of ether oxygens (including phenoxy) is 1. The zero-order valence-corrected chi connectivity index (χ0v) is 22.4. The van der Waals surface area contributed by atoms with E-state index in [-0.39, 0.29) is 23.7 Å². The van der Waals surface area contributed by atoms with Crippen molar-refractivity contribution in [3.05, 3.63) is 72.1 Å². The first-order valence-electron chi connectivity index (χ1n) is 13.8. The van der Waals surface area contributed by atoms with Crippen molar-refractivity contribution < 1.29 is 14.3 Å². The summed E-state index contributed by atoms with van der Waals surface area (Å²) in [6, 6.07) is 12.1. The van der Waals surface area contributed by atoms with Crippen molar-refractivity contribution >= 4 is 11.8 Å². The van der Waals surface area contributed by atoms with Gasteiger partial charge in [-0.1, -0.05) is 30.4 Å². The van der Waals surface area contributed by atoms with Gasteiger partial charge < -0.3 is 19.4 Å². The van der Waals surface area contributed by atoms with Crippen LogP contribution >= 0.6 is 0 Å². The van der Waals surface area contributed by atoms with Crippen LogP contribution in [0.4, 0.5) is 0 Å². The third-order valence-electron chi connectivity index (χ3n) is 8.05. The van der Waals surface area contributed by atoms with Crippen LogP contribution in [0.2, 0.25) is 0 Å². The molecule has 3 aliphatic rings. The van der Waals surface area contributed by atoms with E-state index in [2.05, 4.69) is 40.0 Å². The monoisotopic (exact) mass is 517 g/mol. The Kier molecular flexibility index (Phi) is 8.71. The smallest absolute Gasteiger partial charge is 0.236 e. The van der Waals surface area contributed by atoms with Crippen LogP contribution in [-0.4, -0.2) is 95.9 Å². The van der Waals surface area contributed by atoms with Gasteiger partial charge in [0, 0.05) is 76.7 Å². The minimum Gasteiger partial charge on any atom is -0.489 e. The highest BCUT2D eigenvalue weighted by atomic mass is 16.5. The molecule has 0 radical (unpaired) electrons. The second-order valence-corrected chi connectivity index (χ2v) is 10.8. The summed E-state index contributed by atoms with van der Waals surface area (Å²) >= 11 is 0. The summed E-state index contributed by atoms with van der Waals surface area (Å²) in [6.07, 6.45) is 9.20. The Balaban J connectivity index is 1.33. The number of carbonyl (C=O) groups is 2. The lowest BCUT2D eigenvalue weighted by atomic mass is 9.82. The summed E-state index contributed by atoms with van der Waals surface area (Å²) < 4.78 is 6.18. The summed E-state index contributed by atoms with van der Waals surface area (Å²) in [5.41, 5.74) is 2.19. The van der Waals surface area contributed by atoms with Crippen molar-refractivity contribution in [3.8, 4) is 5.75 Å². The van der Waals surface area contributed by atoms with Crippen LogP contribution in [0.25, 0.3) is 0 Å². The standard InChI is InChI=1S/C30H39N5O3/c1-32-14-16-34(17-15-32)29(36)19-25-10-13-35-22-26(25)6-4-18-38-28-7-3-2-5-27(28)21-33(23-30(35)37)20-24-8-11-31-12-9-24/h2-9,11-12,25-26H,10,13-23H2,1H3/t25-,26-/m0/s1. The molecule has 0 saturated carbocycles. The van der Waals surface area contributed by atoms with Gasteiger partial charge in [-0.15, -0.1) is 0 Å². The van der Waals surface area contributed by atoms with Crippen LogP contribution in [0.1, 0.15) is 24.0 Å². The molecule has 2 bridgehead atoms. The van der Waals surface area contributed by atoms with Gasteiger partial charge in [-0.05, 0) is 49.1 Å². The molecule has 5 rings (SSSR count). The van der Waals surface area contributed by atoms with E-state index in [9.17, 15) is 9.59 Å². The number of amides is 2. The molecule has 0 spiro atoms. The zero-order chi connectivity index (χ0) is 26.3. The SMILES string of the molecule is CN1CCN(C(=O)C[C@@H]2CCN3C[C@@H]2C=CCOc2ccccc2CN(Cc2ccncc2)CC3=O)CC1. The van der Waals surface area contributed by atoms with Crippen molar-refractivity contribution in [2.24, 2.45) is 11.8 Å². The molecule has 0 aliphatic carbocycles. The molecule has 1 aromatic carbocycles. The maximum absolute atomic E-state index is 13.6. The van der Waals surface area contributed by atoms with Crippen LogP contribution in [0, 0.1) is 11.8 Å². The predicted octanol–water partition coefficient (Wildman–Crippen LogP) is 2.66. The normalized spacial score (nSPS) is 23.6. The second kappa shape index (κ2) is 12.5. The van der Waals surface area contributed by atoms with Crippen molar-refractivity contribution in [2.75, 3.05) is 59.5 Å². The van der Waals surface area contributed by atoms with Gasteiger partial charge in [-0.3, -0.25) is 19.5 Å². The van der Waals surface area contributed by atoms with Crippen LogP contribution in [0.5, 0.6) is 5.75 Å². The van der Waals surface area contributed by atoms with Crippen LogP contribution in [0.3, 0.4) is 0 Å². The molecular formula is C30H39N5O3. The van der Waals surface area contributed by atoms with E-state index in [1.165, 1.54) is 0 Å². The maximum Gasteiger partial charge on any atom is 0.236 e. The highest BCUT2D eigenvalue weighted by Gasteiger charge is 2.33. The first-order chi connectivity index (χ1) is 18.5. The van der Waals surface area contributed by atoms with Crippen molar-refractivity contribution in [2.45, 2.75) is 25.9 Å². The molecule has 2 atom stereocenters. The molecule has 2 aromatic rings. The lowest BCUT2D eigenvalue weighted by Crippen LogP contribution is -2.50. The quantitative estimate of drug-likeness (QED) is 0.581. The van der Waals surface area contributed by atoms with Crippen molar-refractivity contribution in [1.82, 2.24) is 24.6 Å². The number of piperazine rings is 1. The van der Waals surface area contributed by atoms with Crippen LogP contribution in [-0.2, 0) is 22.7 Å². The molecule has 0 N–H and O–H groups in total. The summed E-state index contributed by atoms with van der Waals surface area (Å²) in [5, 5.41) is 0. The van der Waals surface area contributed by atoms with Crippen molar-refractivity contribution in [3.63, 3.8) is 0 Å². The topological polar surface area (TPSA) is 69.2 Å². The van der Waals surface area contributed by atoms with Gasteiger partial charge in [-0.2, -0.15) is 0 Å². The molecule has 202 valence electrons. The van der Waals surface area contributed by atoms with Crippen LogP contribution in [0.15, 0.2) is 60.9 Å². The molecule has 0 unspecified atom stereocenters. The van der Waals surface area contributed by atoms with Gasteiger partial charge in [0.05, 0.1) is 6.54 Å². The number of hydrogen-bond donors (Lipinski definition) is 0. The number of nitrogens with zero attached hydrogens (tertiary/aromatic N) is 5. The number of rotatable bonds is 4. The summed E-state index contributed by atoms with van der Waals surface area (Å²) in [4.78, 5) is 39.3. The van der Waals surface area contributed by atoms with Gasteiger partial charge in [0.2, 0.25) is 11.8 Å². The molecule has 8 heteroatoms. The lowest BCUT2D eigenvalue weighted by molar-refractivity contribution is -0.136. The summed E-state index contributed by atoms with van der Waals surface area (Å²) in [5.74, 6) is 1.59. The third kappa shape index (κ3) is 6.79. The number of likely N-dealkylation sites (N-methyl/N-ethyl adjacent to an activating group) is 1. The number of aromatic nitrogens is 1. The van der Waals surface area contributed by atoms with Crippen molar-refractivity contribution in [1.29, 1.82) is 0 Å². The highest BCUT2D eigenvalue weighted by molar-refractivity contribution is 5.79. The van der Waals surface area contributed by atoms with Gasteiger partial charge in [0.1, 0.15) is 12.4 Å². The van der Waals surface area contributed by atoms with E-state index >= 15 is 0 Å². The first-order valence-corrected chi connectivity index (χ1v) is 13.8. The average Bonchev–Trinajstić information content (AvgIpc) is 2.93. The molecule has 2 amide bonds. The minimum atomic E-state index is 0.136. The Morgan fingerprint density at radius 1 is 1.03 bits per heavy atom. The molecule has 8 nitrogen and oxygen atoms in total. The van der Waals surface area contributed by atoms with Gasteiger partial charge in [0.25, 0.3) is 0 Å². The third-order valence-corrected chi connectivity index (χ3v) is 8.05. The highest BCUT2D eigenvalue weighted by Crippen LogP contribution is 2.30. The Hall–Kier alpha value is -3.23. The number of fused-ring (bicyclic) bond motifs is 3. The van der Waals surface area contributed by atoms with Gasteiger partial charge >= 0.3 is 0 Å². The van der Waals surface area contributed by atoms with E-state index in [4.69, 9.17) is 4.74 Å². The molecule has 1 aromatic heterocycles. The maximum atomic E-state index is 13.6. The Morgan fingerprint density at radius 3 is 2.63 bits per heavy atom. The van der Waals surface area contributed by atoms with E-state index in [1.807, 2.05) is 40.1 Å². The second-order valence-electron chi connectivity index (χ2n) is 10.8. The number of hydrogen-bond acceptors (Lipinski definition) is 6. The van der Waals surface area contributed by atoms with E-state index in [1.54, 1.807) is 12.4 Å². The molecule has 2 fully saturated rings. The number of piperidine rings is 1. The molecule has 4 heterocycles. The molecular weight excluding hydrogens is 478 g/mol. The first kappa shape index (κ1) is 26.4. The zero-order valence-electron chi connectivity index (χ0n) is 22.4. The minimum absolute atomic E-state index is 0.136. The Labute approximate surface area is 225 Å². The summed E-state index contributed by atoms with van der Waals surface area (Å²) in [7, 11) is 2.10. The number of benzene rings is 1. The average molecular weight is 518 g/mol. The van der Waals surface area contributed by atoms with E-state index < -0.39 is 0 Å². The Bertz CT molecular complexity index is 1120. The fourth-order valence-electron chi connectivity index (χ4n) is 5.73. The number of pyridine rings is 1. The predicted molar refractivity (Wildman–Crippen MR) is 146 cm³/mol. The summed E-state index contributed by atoms with van der Waals surface area (Å²) in [6.45, 7) is 6.86. The Morgan fingerprint density at radius 2 is 1.82 bits per heavy atom. The number of carbonyl (C=O) groups excluding carboxylic acids is 2. The molecule has 38 heavy (non-hydrogen) atoms. The fourth-order valence-corrected chi connectivity index (χ4v) is 5.73. The molecule has 3 aliphatic heterocycles. The van der Waals surface area contributed by atoms with E-state index in [0.29, 0.717) is 45.8 Å². The lowest BCUT2D eigenvalue weighted by Gasteiger charge is -2.39. The largest absolute Gasteiger partial charge is 0.489 e. The van der Waals surface area contributed by atoms with Gasteiger partial charge in [-0.25, -0.2) is 0 Å². The van der Waals surface area contributed by atoms with Crippen LogP contribution < -0.4 is 4.74 Å². The van der Waals surface area contributed by atoms with E-state index in [0.717, 1.165) is 49.5 Å². The number of para-hydroxylation sites is 1. The van der Waals surface area contributed by atoms with Gasteiger partial charge in [0.15, 0.2) is 0 Å². The fraction of sp³-hybridized carbons (Fsp3) is 0.500. The molecule has 2 saturated heterocycles.